The second-order valence-corrected chi connectivity index (χ2v) is 6.08. The zero-order chi connectivity index (χ0) is 21.9. The minimum absolute atomic E-state index is 0.250. The average Bonchev–Trinajstić information content (AvgIpc) is 2.76. The molecule has 0 unspecified atom stereocenters. The van der Waals surface area contributed by atoms with Gasteiger partial charge in [0.1, 0.15) is 12.4 Å². The number of nitrogens with one attached hydrogen (secondary N) is 2. The molecule has 0 saturated carbocycles. The second kappa shape index (κ2) is 11.7. The third-order valence-electron chi connectivity index (χ3n) is 4.04. The smallest absolute Gasteiger partial charge is 0.203 e. The largest absolute Gasteiger partial charge is 0.493 e. The summed E-state index contributed by atoms with van der Waals surface area (Å²) in [5.74, 6) is 0.622. The summed E-state index contributed by atoms with van der Waals surface area (Å²) >= 11 is 0. The number of nitrogens with zero attached hydrogens (tertiary/aromatic N) is 1. The van der Waals surface area contributed by atoms with E-state index in [0.29, 0.717) is 42.8 Å². The number of rotatable bonds is 10. The third kappa shape index (κ3) is 6.40. The van der Waals surface area contributed by atoms with Crippen LogP contribution in [0.2, 0.25) is 0 Å². The summed E-state index contributed by atoms with van der Waals surface area (Å²) in [6.45, 7) is 3.66. The van der Waals surface area contributed by atoms with E-state index in [1.807, 2.05) is 19.1 Å². The molecule has 2 aromatic rings. The van der Waals surface area contributed by atoms with Gasteiger partial charge in [0.15, 0.2) is 29.1 Å². The van der Waals surface area contributed by atoms with Crippen LogP contribution in [0.25, 0.3) is 0 Å². The molecule has 0 spiro atoms. The molecule has 0 aliphatic rings. The lowest BCUT2D eigenvalue weighted by atomic mass is 10.2. The van der Waals surface area contributed by atoms with Crippen LogP contribution in [-0.2, 0) is 6.54 Å². The molecule has 0 aliphatic carbocycles. The summed E-state index contributed by atoms with van der Waals surface area (Å²) in [5, 5.41) is 6.26. The second-order valence-electron chi connectivity index (χ2n) is 6.08. The number of benzene rings is 2. The summed E-state index contributed by atoms with van der Waals surface area (Å²) in [6, 6.07) is 7.09. The van der Waals surface area contributed by atoms with Crippen molar-refractivity contribution in [2.45, 2.75) is 13.5 Å². The molecule has 2 rings (SSSR count). The lowest BCUT2D eigenvalue weighted by Gasteiger charge is -2.14. The van der Waals surface area contributed by atoms with Crippen molar-refractivity contribution in [2.24, 2.45) is 4.99 Å². The van der Waals surface area contributed by atoms with Crippen LogP contribution in [0.1, 0.15) is 12.5 Å². The lowest BCUT2D eigenvalue weighted by molar-refractivity contribution is 0.318. The van der Waals surface area contributed by atoms with E-state index in [4.69, 9.17) is 18.9 Å². The SMILES string of the molecule is CCNC(=NCc1cc(OC)c(OC)c(OC)c1)NCCOc1ccc(F)c(F)c1. The summed E-state index contributed by atoms with van der Waals surface area (Å²) in [4.78, 5) is 4.54. The highest BCUT2D eigenvalue weighted by Crippen LogP contribution is 2.38. The number of guanidine groups is 1. The van der Waals surface area contributed by atoms with Gasteiger partial charge in [0.05, 0.1) is 34.4 Å². The molecule has 30 heavy (non-hydrogen) atoms. The van der Waals surface area contributed by atoms with Crippen LogP contribution in [0.5, 0.6) is 23.0 Å². The van der Waals surface area contributed by atoms with E-state index >= 15 is 0 Å². The lowest BCUT2D eigenvalue weighted by Crippen LogP contribution is -2.39. The fourth-order valence-corrected chi connectivity index (χ4v) is 2.64. The molecule has 0 saturated heterocycles. The van der Waals surface area contributed by atoms with Crippen LogP contribution >= 0.6 is 0 Å². The number of ether oxygens (including phenoxy) is 4. The molecule has 0 atom stereocenters. The molecule has 7 nitrogen and oxygen atoms in total. The maximum atomic E-state index is 13.2. The van der Waals surface area contributed by atoms with Crippen molar-refractivity contribution >= 4 is 5.96 Å². The highest BCUT2D eigenvalue weighted by atomic mass is 19.2. The van der Waals surface area contributed by atoms with Gasteiger partial charge in [0.25, 0.3) is 0 Å². The number of halogens is 2. The molecule has 0 radical (unpaired) electrons. The van der Waals surface area contributed by atoms with Gasteiger partial charge in [-0.05, 0) is 36.8 Å². The van der Waals surface area contributed by atoms with E-state index in [9.17, 15) is 8.78 Å². The van der Waals surface area contributed by atoms with E-state index in [-0.39, 0.29) is 12.4 Å². The Morgan fingerprint density at radius 3 is 2.20 bits per heavy atom. The van der Waals surface area contributed by atoms with Crippen molar-refractivity contribution in [3.8, 4) is 23.0 Å². The summed E-state index contributed by atoms with van der Waals surface area (Å²) < 4.78 is 47.6. The van der Waals surface area contributed by atoms with Crippen LogP contribution in [0.3, 0.4) is 0 Å². The summed E-state index contributed by atoms with van der Waals surface area (Å²) in [5.41, 5.74) is 0.875. The first-order valence-electron chi connectivity index (χ1n) is 9.41. The standard InChI is InChI=1S/C21H27F2N3O4/c1-5-24-21(25-8-9-30-15-6-7-16(22)17(23)12-15)26-13-14-10-18(27-2)20(29-4)19(11-14)28-3/h6-7,10-12H,5,8-9,13H2,1-4H3,(H2,24,25,26). The molecule has 0 heterocycles. The van der Waals surface area contributed by atoms with Crippen LogP contribution in [-0.4, -0.2) is 47.0 Å². The number of aliphatic imine (C=N–C) groups is 1. The van der Waals surface area contributed by atoms with Gasteiger partial charge in [-0.2, -0.15) is 0 Å². The molecular formula is C21H27F2N3O4. The topological polar surface area (TPSA) is 73.3 Å². The Balaban J connectivity index is 1.97. The normalized spacial score (nSPS) is 11.1. The van der Waals surface area contributed by atoms with Crippen LogP contribution < -0.4 is 29.6 Å². The first-order chi connectivity index (χ1) is 14.5. The van der Waals surface area contributed by atoms with Crippen molar-refractivity contribution < 1.29 is 27.7 Å². The molecular weight excluding hydrogens is 396 g/mol. The van der Waals surface area contributed by atoms with E-state index in [1.165, 1.54) is 6.07 Å². The molecule has 0 aromatic heterocycles. The summed E-state index contributed by atoms with van der Waals surface area (Å²) in [6.07, 6.45) is 0. The molecule has 0 bridgehead atoms. The molecule has 0 amide bonds. The van der Waals surface area contributed by atoms with Gasteiger partial charge in [-0.1, -0.05) is 0 Å². The Morgan fingerprint density at radius 2 is 1.63 bits per heavy atom. The minimum Gasteiger partial charge on any atom is -0.493 e. The van der Waals surface area contributed by atoms with E-state index in [1.54, 1.807) is 21.3 Å². The molecule has 0 aliphatic heterocycles. The summed E-state index contributed by atoms with van der Waals surface area (Å²) in [7, 11) is 4.67. The Morgan fingerprint density at radius 1 is 0.933 bits per heavy atom. The van der Waals surface area contributed by atoms with Crippen molar-refractivity contribution in [1.29, 1.82) is 0 Å². The first kappa shape index (κ1) is 23.1. The molecule has 2 aromatic carbocycles. The van der Waals surface area contributed by atoms with E-state index in [2.05, 4.69) is 15.6 Å². The maximum Gasteiger partial charge on any atom is 0.203 e. The van der Waals surface area contributed by atoms with Crippen LogP contribution in [0.4, 0.5) is 8.78 Å². The maximum absolute atomic E-state index is 13.2. The van der Waals surface area contributed by atoms with Gasteiger partial charge < -0.3 is 29.6 Å². The Kier molecular flexibility index (Phi) is 8.99. The van der Waals surface area contributed by atoms with Crippen LogP contribution in [0, 0.1) is 11.6 Å². The van der Waals surface area contributed by atoms with Crippen molar-refractivity contribution in [2.75, 3.05) is 41.0 Å². The predicted molar refractivity (Wildman–Crippen MR) is 111 cm³/mol. The first-order valence-corrected chi connectivity index (χ1v) is 9.41. The Labute approximate surface area is 175 Å². The highest BCUT2D eigenvalue weighted by Gasteiger charge is 2.13. The Hall–Kier alpha value is -3.23. The molecule has 0 fully saturated rings. The fourth-order valence-electron chi connectivity index (χ4n) is 2.64. The van der Waals surface area contributed by atoms with Gasteiger partial charge in [0.2, 0.25) is 5.75 Å². The quantitative estimate of drug-likeness (QED) is 0.348. The van der Waals surface area contributed by atoms with Crippen LogP contribution in [0.15, 0.2) is 35.3 Å². The highest BCUT2D eigenvalue weighted by molar-refractivity contribution is 5.79. The van der Waals surface area contributed by atoms with Crippen molar-refractivity contribution in [1.82, 2.24) is 10.6 Å². The van der Waals surface area contributed by atoms with Crippen molar-refractivity contribution in [3.05, 3.63) is 47.5 Å². The van der Waals surface area contributed by atoms with Crippen molar-refractivity contribution in [3.63, 3.8) is 0 Å². The predicted octanol–water partition coefficient (Wildman–Crippen LogP) is 3.12. The molecule has 164 valence electrons. The van der Waals surface area contributed by atoms with Gasteiger partial charge in [-0.25, -0.2) is 13.8 Å². The molecule has 9 heteroatoms. The Bertz CT molecular complexity index is 837. The van der Waals surface area contributed by atoms with Gasteiger partial charge >= 0.3 is 0 Å². The number of methoxy groups -OCH3 is 3. The van der Waals surface area contributed by atoms with Gasteiger partial charge in [0, 0.05) is 12.6 Å². The minimum atomic E-state index is -0.944. The van der Waals surface area contributed by atoms with E-state index in [0.717, 1.165) is 17.7 Å². The third-order valence-corrected chi connectivity index (χ3v) is 4.04. The monoisotopic (exact) mass is 423 g/mol. The average molecular weight is 423 g/mol. The van der Waals surface area contributed by atoms with E-state index < -0.39 is 11.6 Å². The fraction of sp³-hybridized carbons (Fsp3) is 0.381. The zero-order valence-corrected chi connectivity index (χ0v) is 17.6. The van der Waals surface area contributed by atoms with Gasteiger partial charge in [-0.15, -0.1) is 0 Å². The molecule has 2 N–H and O–H groups in total. The number of hydrogen-bond donors (Lipinski definition) is 2. The zero-order valence-electron chi connectivity index (χ0n) is 17.6. The number of hydrogen-bond acceptors (Lipinski definition) is 5. The van der Waals surface area contributed by atoms with Gasteiger partial charge in [-0.3, -0.25) is 0 Å².